The van der Waals surface area contributed by atoms with Crippen LogP contribution in [0.15, 0.2) is 12.2 Å². The fourth-order valence-corrected chi connectivity index (χ4v) is 1.60. The third-order valence-corrected chi connectivity index (χ3v) is 2.42. The summed E-state index contributed by atoms with van der Waals surface area (Å²) < 4.78 is 5.49. The molecule has 1 atom stereocenters. The lowest BCUT2D eigenvalue weighted by Crippen LogP contribution is -2.28. The molecule has 0 aromatic carbocycles. The zero-order valence-corrected chi connectivity index (χ0v) is 9.15. The number of hydrogen-bond acceptors (Lipinski definition) is 3. The van der Waals surface area contributed by atoms with Gasteiger partial charge in [0.2, 0.25) is 5.91 Å². The monoisotopic (exact) mass is 227 g/mol. The van der Waals surface area contributed by atoms with Gasteiger partial charge in [-0.3, -0.25) is 4.79 Å². The fourth-order valence-electron chi connectivity index (χ4n) is 1.60. The molecule has 0 aliphatic carbocycles. The predicted octanol–water partition coefficient (Wildman–Crippen LogP) is 0.703. The minimum Gasteiger partial charge on any atom is -0.478 e. The van der Waals surface area contributed by atoms with Crippen molar-refractivity contribution >= 4 is 11.9 Å². The third kappa shape index (κ3) is 5.50. The molecule has 0 bridgehead atoms. The predicted molar refractivity (Wildman–Crippen MR) is 58.0 cm³/mol. The number of ether oxygens (including phenoxy) is 1. The Morgan fingerprint density at radius 2 is 2.19 bits per heavy atom. The first-order valence-electron chi connectivity index (χ1n) is 5.49. The molecule has 0 spiro atoms. The Bertz CT molecular complexity index is 269. The van der Waals surface area contributed by atoms with Crippen LogP contribution in [0.4, 0.5) is 0 Å². The summed E-state index contributed by atoms with van der Waals surface area (Å²) in [5.74, 6) is -1.50. The Morgan fingerprint density at radius 3 is 2.81 bits per heavy atom. The molecule has 1 unspecified atom stereocenters. The molecule has 1 aliphatic heterocycles. The van der Waals surface area contributed by atoms with E-state index in [1.54, 1.807) is 0 Å². The molecule has 0 saturated carbocycles. The highest BCUT2D eigenvalue weighted by molar-refractivity contribution is 5.93. The van der Waals surface area contributed by atoms with Crippen molar-refractivity contribution in [1.29, 1.82) is 0 Å². The molecule has 1 amide bonds. The van der Waals surface area contributed by atoms with Gasteiger partial charge in [0.25, 0.3) is 0 Å². The Kier molecular flexibility index (Phi) is 5.56. The first kappa shape index (κ1) is 12.7. The van der Waals surface area contributed by atoms with E-state index in [4.69, 9.17) is 9.84 Å². The van der Waals surface area contributed by atoms with Gasteiger partial charge in [0.05, 0.1) is 6.10 Å². The number of aliphatic carboxylic acids is 1. The standard InChI is InChI=1S/C11H17NO4/c13-10(4-5-11(14)15)12-7-6-9-3-1-2-8-16-9/h4-5,9H,1-3,6-8H2,(H,12,13)(H,14,15)/b5-4+. The molecule has 5 heteroatoms. The molecular weight excluding hydrogens is 210 g/mol. The largest absolute Gasteiger partial charge is 0.478 e. The molecule has 0 aromatic heterocycles. The molecular formula is C11H17NO4. The second-order valence-corrected chi connectivity index (χ2v) is 3.74. The van der Waals surface area contributed by atoms with E-state index in [1.165, 1.54) is 6.42 Å². The Hall–Kier alpha value is -1.36. The van der Waals surface area contributed by atoms with Crippen molar-refractivity contribution in [2.75, 3.05) is 13.2 Å². The van der Waals surface area contributed by atoms with Gasteiger partial charge in [-0.15, -0.1) is 0 Å². The lowest BCUT2D eigenvalue weighted by molar-refractivity contribution is -0.131. The van der Waals surface area contributed by atoms with Gasteiger partial charge in [-0.2, -0.15) is 0 Å². The van der Waals surface area contributed by atoms with Crippen LogP contribution in [0.2, 0.25) is 0 Å². The summed E-state index contributed by atoms with van der Waals surface area (Å²) >= 11 is 0. The minimum absolute atomic E-state index is 0.234. The third-order valence-electron chi connectivity index (χ3n) is 2.42. The highest BCUT2D eigenvalue weighted by Crippen LogP contribution is 2.14. The molecule has 1 aliphatic rings. The molecule has 0 radical (unpaired) electrons. The van der Waals surface area contributed by atoms with E-state index in [2.05, 4.69) is 5.32 Å². The quantitative estimate of drug-likeness (QED) is 0.678. The topological polar surface area (TPSA) is 75.6 Å². The van der Waals surface area contributed by atoms with Crippen LogP contribution in [0.3, 0.4) is 0 Å². The molecule has 90 valence electrons. The summed E-state index contributed by atoms with van der Waals surface area (Å²) in [5.41, 5.74) is 0. The minimum atomic E-state index is -1.12. The van der Waals surface area contributed by atoms with Gasteiger partial charge in [0.15, 0.2) is 0 Å². The molecule has 0 aromatic rings. The highest BCUT2D eigenvalue weighted by atomic mass is 16.5. The van der Waals surface area contributed by atoms with Crippen LogP contribution in [-0.2, 0) is 14.3 Å². The maximum Gasteiger partial charge on any atom is 0.328 e. The first-order chi connectivity index (χ1) is 7.68. The van der Waals surface area contributed by atoms with E-state index < -0.39 is 5.97 Å². The zero-order valence-electron chi connectivity index (χ0n) is 9.15. The van der Waals surface area contributed by atoms with Crippen molar-refractivity contribution in [3.8, 4) is 0 Å². The van der Waals surface area contributed by atoms with Gasteiger partial charge < -0.3 is 15.2 Å². The number of carboxylic acids is 1. The van der Waals surface area contributed by atoms with Crippen molar-refractivity contribution in [3.63, 3.8) is 0 Å². The van der Waals surface area contributed by atoms with E-state index in [0.717, 1.165) is 38.0 Å². The Balaban J connectivity index is 2.09. The van der Waals surface area contributed by atoms with Gasteiger partial charge in [0, 0.05) is 25.3 Å². The van der Waals surface area contributed by atoms with Crippen molar-refractivity contribution in [1.82, 2.24) is 5.32 Å². The van der Waals surface area contributed by atoms with Gasteiger partial charge in [-0.1, -0.05) is 0 Å². The lowest BCUT2D eigenvalue weighted by Gasteiger charge is -2.22. The molecule has 2 N–H and O–H groups in total. The van der Waals surface area contributed by atoms with Crippen molar-refractivity contribution in [2.24, 2.45) is 0 Å². The Labute approximate surface area is 94.5 Å². The number of carboxylic acid groups (broad SMARTS) is 1. The number of carbonyl (C=O) groups is 2. The molecule has 1 saturated heterocycles. The van der Waals surface area contributed by atoms with Crippen molar-refractivity contribution in [3.05, 3.63) is 12.2 Å². The number of amides is 1. The van der Waals surface area contributed by atoms with Crippen LogP contribution in [0.1, 0.15) is 25.7 Å². The maximum absolute atomic E-state index is 11.1. The summed E-state index contributed by atoms with van der Waals surface area (Å²) in [7, 11) is 0. The molecule has 1 fully saturated rings. The fraction of sp³-hybridized carbons (Fsp3) is 0.636. The second kappa shape index (κ2) is 7.00. The SMILES string of the molecule is O=C(O)/C=C/C(=O)NCCC1CCCCO1. The van der Waals surface area contributed by atoms with Crippen LogP contribution in [-0.4, -0.2) is 36.2 Å². The van der Waals surface area contributed by atoms with E-state index in [9.17, 15) is 9.59 Å². The summed E-state index contributed by atoms with van der Waals surface area (Å²) in [6.45, 7) is 1.32. The summed E-state index contributed by atoms with van der Waals surface area (Å²) in [5, 5.41) is 10.9. The Morgan fingerprint density at radius 1 is 1.38 bits per heavy atom. The summed E-state index contributed by atoms with van der Waals surface area (Å²) in [6.07, 6.45) is 6.20. The van der Waals surface area contributed by atoms with Crippen molar-refractivity contribution in [2.45, 2.75) is 31.8 Å². The van der Waals surface area contributed by atoms with Crippen LogP contribution in [0.25, 0.3) is 0 Å². The van der Waals surface area contributed by atoms with Crippen LogP contribution >= 0.6 is 0 Å². The normalized spacial score (nSPS) is 20.9. The molecule has 1 heterocycles. The van der Waals surface area contributed by atoms with Gasteiger partial charge in [-0.25, -0.2) is 4.79 Å². The second-order valence-electron chi connectivity index (χ2n) is 3.74. The van der Waals surface area contributed by atoms with E-state index in [0.29, 0.717) is 6.54 Å². The van der Waals surface area contributed by atoms with E-state index >= 15 is 0 Å². The van der Waals surface area contributed by atoms with Crippen LogP contribution in [0.5, 0.6) is 0 Å². The summed E-state index contributed by atoms with van der Waals surface area (Å²) in [4.78, 5) is 21.2. The van der Waals surface area contributed by atoms with E-state index in [-0.39, 0.29) is 12.0 Å². The number of hydrogen-bond donors (Lipinski definition) is 2. The number of rotatable bonds is 5. The average molecular weight is 227 g/mol. The lowest BCUT2D eigenvalue weighted by atomic mass is 10.1. The number of carbonyl (C=O) groups excluding carboxylic acids is 1. The van der Waals surface area contributed by atoms with Gasteiger partial charge in [-0.05, 0) is 25.7 Å². The molecule has 1 rings (SSSR count). The first-order valence-corrected chi connectivity index (χ1v) is 5.49. The van der Waals surface area contributed by atoms with Crippen LogP contribution in [0, 0.1) is 0 Å². The van der Waals surface area contributed by atoms with Gasteiger partial charge in [0.1, 0.15) is 0 Å². The molecule has 16 heavy (non-hydrogen) atoms. The smallest absolute Gasteiger partial charge is 0.328 e. The van der Waals surface area contributed by atoms with Gasteiger partial charge >= 0.3 is 5.97 Å². The maximum atomic E-state index is 11.1. The average Bonchev–Trinajstić information content (AvgIpc) is 2.28. The molecule has 5 nitrogen and oxygen atoms in total. The van der Waals surface area contributed by atoms with Crippen molar-refractivity contribution < 1.29 is 19.4 Å². The zero-order chi connectivity index (χ0) is 11.8. The highest BCUT2D eigenvalue weighted by Gasteiger charge is 2.13. The van der Waals surface area contributed by atoms with Crippen LogP contribution < -0.4 is 5.32 Å². The van der Waals surface area contributed by atoms with E-state index in [1.807, 2.05) is 0 Å². The summed E-state index contributed by atoms with van der Waals surface area (Å²) in [6, 6.07) is 0. The number of nitrogens with one attached hydrogen (secondary N) is 1.